The van der Waals surface area contributed by atoms with E-state index >= 15 is 0 Å². The highest BCUT2D eigenvalue weighted by Gasteiger charge is 2.41. The number of urea groups is 1. The van der Waals surface area contributed by atoms with Gasteiger partial charge in [0.05, 0.1) is 13.7 Å². The average molecular weight is 491 g/mol. The zero-order valence-electron chi connectivity index (χ0n) is 21.4. The SMILES string of the molecule is CNC[C@H](CC1CCOCC1)NC(=O)N1CCC[C@@H]([C@@](C)(NC(=O)OC)OCc2ccccc2)C1. The third-order valence-corrected chi connectivity index (χ3v) is 7.14. The first-order chi connectivity index (χ1) is 16.9. The summed E-state index contributed by atoms with van der Waals surface area (Å²) in [6.45, 7) is 5.71. The number of carbonyl (C=O) groups is 2. The lowest BCUT2D eigenvalue weighted by Crippen LogP contribution is -2.59. The van der Waals surface area contributed by atoms with E-state index in [-0.39, 0.29) is 18.0 Å². The van der Waals surface area contributed by atoms with Crippen LogP contribution in [0, 0.1) is 11.8 Å². The number of likely N-dealkylation sites (tertiary alicyclic amines) is 1. The summed E-state index contributed by atoms with van der Waals surface area (Å²) in [6.07, 6.45) is 4.14. The second-order valence-corrected chi connectivity index (χ2v) is 9.78. The number of methoxy groups -OCH3 is 1. The van der Waals surface area contributed by atoms with Crippen LogP contribution in [-0.2, 0) is 20.8 Å². The Balaban J connectivity index is 1.63. The van der Waals surface area contributed by atoms with Crippen molar-refractivity contribution in [2.24, 2.45) is 11.8 Å². The standard InChI is InChI=1S/C26H42N4O5/c1-26(29-25(32)33-3,35-19-21-8-5-4-6-9-21)22-10-7-13-30(18-22)24(31)28-23(17-27-2)16-20-11-14-34-15-12-20/h4-6,8-9,20,22-23,27H,7,10-19H2,1-3H3,(H,28,31)(H,29,32)/t22-,23+,26+/m1/s1. The summed E-state index contributed by atoms with van der Waals surface area (Å²) in [4.78, 5) is 27.3. The first kappa shape index (κ1) is 27.2. The topological polar surface area (TPSA) is 101 Å². The largest absolute Gasteiger partial charge is 0.453 e. The number of alkyl carbamates (subject to hydrolysis) is 1. The van der Waals surface area contributed by atoms with Gasteiger partial charge >= 0.3 is 12.1 Å². The molecule has 2 saturated heterocycles. The molecule has 0 saturated carbocycles. The van der Waals surface area contributed by atoms with E-state index < -0.39 is 11.8 Å². The Kier molecular flexibility index (Phi) is 10.6. The van der Waals surface area contributed by atoms with Crippen molar-refractivity contribution in [3.8, 4) is 0 Å². The van der Waals surface area contributed by atoms with Gasteiger partial charge in [0.2, 0.25) is 0 Å². The Morgan fingerprint density at radius 1 is 1.20 bits per heavy atom. The maximum absolute atomic E-state index is 13.3. The van der Waals surface area contributed by atoms with Gasteiger partial charge in [-0.3, -0.25) is 5.32 Å². The van der Waals surface area contributed by atoms with Crippen molar-refractivity contribution in [1.82, 2.24) is 20.9 Å². The molecule has 1 aromatic carbocycles. The average Bonchev–Trinajstić information content (AvgIpc) is 2.89. The molecular formula is C26H42N4O5. The van der Waals surface area contributed by atoms with E-state index in [1.807, 2.05) is 49.2 Å². The molecule has 0 aliphatic carbocycles. The van der Waals surface area contributed by atoms with Gasteiger partial charge in [0.25, 0.3) is 0 Å². The van der Waals surface area contributed by atoms with Gasteiger partial charge in [-0.25, -0.2) is 9.59 Å². The van der Waals surface area contributed by atoms with Crippen LogP contribution in [0.3, 0.4) is 0 Å². The highest BCUT2D eigenvalue weighted by Crippen LogP contribution is 2.30. The minimum atomic E-state index is -0.978. The third-order valence-electron chi connectivity index (χ3n) is 7.14. The number of piperidine rings is 1. The molecule has 196 valence electrons. The van der Waals surface area contributed by atoms with Crippen molar-refractivity contribution in [3.05, 3.63) is 35.9 Å². The van der Waals surface area contributed by atoms with Crippen LogP contribution in [0.15, 0.2) is 30.3 Å². The lowest BCUT2D eigenvalue weighted by atomic mass is 9.88. The molecule has 0 bridgehead atoms. The molecule has 2 aliphatic rings. The van der Waals surface area contributed by atoms with Gasteiger partial charge in [-0.1, -0.05) is 30.3 Å². The van der Waals surface area contributed by atoms with Gasteiger partial charge in [0.1, 0.15) is 5.72 Å². The second kappa shape index (κ2) is 13.7. The zero-order valence-corrected chi connectivity index (χ0v) is 21.4. The van der Waals surface area contributed by atoms with E-state index in [9.17, 15) is 9.59 Å². The van der Waals surface area contributed by atoms with Crippen molar-refractivity contribution in [3.63, 3.8) is 0 Å². The van der Waals surface area contributed by atoms with Gasteiger partial charge in [0.15, 0.2) is 0 Å². The van der Waals surface area contributed by atoms with Crippen molar-refractivity contribution in [2.45, 2.75) is 57.4 Å². The molecule has 1 aromatic rings. The molecule has 0 aromatic heterocycles. The molecule has 0 radical (unpaired) electrons. The molecule has 3 rings (SSSR count). The van der Waals surface area contributed by atoms with Crippen LogP contribution < -0.4 is 16.0 Å². The zero-order chi connectivity index (χ0) is 25.1. The number of benzene rings is 1. The molecule has 2 fully saturated rings. The van der Waals surface area contributed by atoms with Gasteiger partial charge in [-0.15, -0.1) is 0 Å². The van der Waals surface area contributed by atoms with Crippen molar-refractivity contribution >= 4 is 12.1 Å². The molecule has 0 unspecified atom stereocenters. The van der Waals surface area contributed by atoms with E-state index in [1.54, 1.807) is 0 Å². The van der Waals surface area contributed by atoms with Crippen LogP contribution in [0.25, 0.3) is 0 Å². The molecular weight excluding hydrogens is 448 g/mol. The van der Waals surface area contributed by atoms with Crippen LogP contribution in [0.4, 0.5) is 9.59 Å². The monoisotopic (exact) mass is 490 g/mol. The quantitative estimate of drug-likeness (QED) is 0.436. The Morgan fingerprint density at radius 2 is 1.94 bits per heavy atom. The van der Waals surface area contributed by atoms with E-state index in [0.717, 1.165) is 57.4 Å². The number of likely N-dealkylation sites (N-methyl/N-ethyl adjacent to an activating group) is 1. The number of hydrogen-bond acceptors (Lipinski definition) is 6. The van der Waals surface area contributed by atoms with Gasteiger partial charge in [-0.05, 0) is 57.6 Å². The molecule has 9 nitrogen and oxygen atoms in total. The predicted molar refractivity (Wildman–Crippen MR) is 134 cm³/mol. The smallest absolute Gasteiger partial charge is 0.409 e. The Bertz CT molecular complexity index is 789. The fourth-order valence-electron chi connectivity index (χ4n) is 5.02. The minimum Gasteiger partial charge on any atom is -0.453 e. The van der Waals surface area contributed by atoms with E-state index in [0.29, 0.717) is 25.6 Å². The number of amides is 3. The first-order valence-corrected chi connectivity index (χ1v) is 12.7. The number of rotatable bonds is 10. The predicted octanol–water partition coefficient (Wildman–Crippen LogP) is 3.10. The number of hydrogen-bond donors (Lipinski definition) is 3. The van der Waals surface area contributed by atoms with Crippen LogP contribution >= 0.6 is 0 Å². The van der Waals surface area contributed by atoms with Crippen molar-refractivity contribution in [2.75, 3.05) is 47.0 Å². The van der Waals surface area contributed by atoms with E-state index in [1.165, 1.54) is 7.11 Å². The number of carbonyl (C=O) groups excluding carboxylic acids is 2. The fourth-order valence-corrected chi connectivity index (χ4v) is 5.02. The Labute approximate surface area is 209 Å². The molecule has 3 atom stereocenters. The van der Waals surface area contributed by atoms with Crippen molar-refractivity contribution < 1.29 is 23.8 Å². The number of ether oxygens (including phenoxy) is 3. The Morgan fingerprint density at radius 3 is 2.63 bits per heavy atom. The number of nitrogens with zero attached hydrogens (tertiary/aromatic N) is 1. The minimum absolute atomic E-state index is 0.0601. The van der Waals surface area contributed by atoms with Crippen molar-refractivity contribution in [1.29, 1.82) is 0 Å². The summed E-state index contributed by atoms with van der Waals surface area (Å²) in [5.41, 5.74) is 0.0350. The molecule has 3 N–H and O–H groups in total. The maximum atomic E-state index is 13.3. The summed E-state index contributed by atoms with van der Waals surface area (Å²) < 4.78 is 16.6. The summed E-state index contributed by atoms with van der Waals surface area (Å²) in [7, 11) is 3.25. The summed E-state index contributed by atoms with van der Waals surface area (Å²) in [6, 6.07) is 9.84. The Hall–Kier alpha value is -2.36. The summed E-state index contributed by atoms with van der Waals surface area (Å²) in [5, 5.41) is 9.35. The van der Waals surface area contributed by atoms with E-state index in [4.69, 9.17) is 14.2 Å². The summed E-state index contributed by atoms with van der Waals surface area (Å²) in [5.74, 6) is 0.485. The summed E-state index contributed by atoms with van der Waals surface area (Å²) >= 11 is 0. The highest BCUT2D eigenvalue weighted by molar-refractivity contribution is 5.74. The molecule has 35 heavy (non-hydrogen) atoms. The normalized spacial score (nSPS) is 21.6. The highest BCUT2D eigenvalue weighted by atomic mass is 16.6. The lowest BCUT2D eigenvalue weighted by molar-refractivity contribution is -0.115. The first-order valence-electron chi connectivity index (χ1n) is 12.7. The fraction of sp³-hybridized carbons (Fsp3) is 0.692. The van der Waals surface area contributed by atoms with E-state index in [2.05, 4.69) is 16.0 Å². The van der Waals surface area contributed by atoms with Crippen LogP contribution in [-0.4, -0.2) is 75.8 Å². The van der Waals surface area contributed by atoms with Gasteiger partial charge in [-0.2, -0.15) is 0 Å². The van der Waals surface area contributed by atoms with Gasteiger partial charge < -0.3 is 29.7 Å². The third kappa shape index (κ3) is 8.37. The lowest BCUT2D eigenvalue weighted by Gasteiger charge is -2.43. The van der Waals surface area contributed by atoms with Gasteiger partial charge in [0, 0.05) is 44.8 Å². The molecule has 9 heteroatoms. The number of nitrogens with one attached hydrogen (secondary N) is 3. The molecule has 3 amide bonds. The molecule has 2 heterocycles. The van der Waals surface area contributed by atoms with Crippen LogP contribution in [0.2, 0.25) is 0 Å². The maximum Gasteiger partial charge on any atom is 0.409 e. The van der Waals surface area contributed by atoms with Crippen LogP contribution in [0.1, 0.15) is 44.6 Å². The van der Waals surface area contributed by atoms with Crippen LogP contribution in [0.5, 0.6) is 0 Å². The second-order valence-electron chi connectivity index (χ2n) is 9.78. The molecule has 2 aliphatic heterocycles. The molecule has 0 spiro atoms.